The van der Waals surface area contributed by atoms with Gasteiger partial charge in [0.15, 0.2) is 0 Å². The van der Waals surface area contributed by atoms with E-state index in [0.717, 1.165) is 24.1 Å². The van der Waals surface area contributed by atoms with Crippen molar-refractivity contribution in [3.63, 3.8) is 0 Å². The quantitative estimate of drug-likeness (QED) is 0.232. The molecule has 3 aromatic carbocycles. The van der Waals surface area contributed by atoms with Crippen LogP contribution in [0.4, 0.5) is 10.1 Å². The van der Waals surface area contributed by atoms with Gasteiger partial charge in [-0.05, 0) is 59.7 Å². The minimum atomic E-state index is -0.930. The third-order valence-electron chi connectivity index (χ3n) is 6.66. The maximum Gasteiger partial charge on any atom is 0.303 e. The molecule has 6 heteroatoms. The van der Waals surface area contributed by atoms with Gasteiger partial charge in [0, 0.05) is 29.8 Å². The van der Waals surface area contributed by atoms with Crippen molar-refractivity contribution >= 4 is 11.7 Å². The molecule has 0 atom stereocenters. The fourth-order valence-electron chi connectivity index (χ4n) is 4.32. The van der Waals surface area contributed by atoms with E-state index in [4.69, 9.17) is 10.2 Å². The molecule has 1 heterocycles. The van der Waals surface area contributed by atoms with Crippen molar-refractivity contribution in [1.82, 2.24) is 9.78 Å². The second-order valence-corrected chi connectivity index (χ2v) is 10.8. The van der Waals surface area contributed by atoms with Crippen LogP contribution >= 0.6 is 0 Å². The molecule has 0 aliphatic carbocycles. The van der Waals surface area contributed by atoms with E-state index in [1.54, 1.807) is 12.1 Å². The summed E-state index contributed by atoms with van der Waals surface area (Å²) in [5.74, 6) is -1.32. The molecule has 0 aliphatic rings. The van der Waals surface area contributed by atoms with Gasteiger partial charge in [0.2, 0.25) is 0 Å². The summed E-state index contributed by atoms with van der Waals surface area (Å²) in [5, 5.41) is 17.0. The number of halogens is 1. The zero-order chi connectivity index (χ0) is 27.1. The highest BCUT2D eigenvalue weighted by Crippen LogP contribution is 2.23. The fraction of sp³-hybridized carbons (Fsp3) is 0.312. The van der Waals surface area contributed by atoms with E-state index >= 15 is 0 Å². The van der Waals surface area contributed by atoms with Crippen molar-refractivity contribution in [1.29, 1.82) is 0 Å². The Morgan fingerprint density at radius 2 is 1.61 bits per heavy atom. The molecular formula is C32H36FN3O2. The topological polar surface area (TPSA) is 67.2 Å². The van der Waals surface area contributed by atoms with Gasteiger partial charge < -0.3 is 10.4 Å². The summed E-state index contributed by atoms with van der Waals surface area (Å²) in [7, 11) is 0. The second-order valence-electron chi connectivity index (χ2n) is 10.8. The lowest BCUT2D eigenvalue weighted by Gasteiger charge is -2.14. The summed E-state index contributed by atoms with van der Waals surface area (Å²) >= 11 is 0. The summed E-state index contributed by atoms with van der Waals surface area (Å²) in [5.41, 5.74) is 6.98. The Labute approximate surface area is 224 Å². The number of hydrogen-bond acceptors (Lipinski definition) is 3. The number of carboxylic acids is 1. The molecule has 0 radical (unpaired) electrons. The monoisotopic (exact) mass is 513 g/mol. The average molecular weight is 514 g/mol. The molecule has 0 bridgehead atoms. The van der Waals surface area contributed by atoms with Crippen LogP contribution in [0.3, 0.4) is 0 Å². The number of aliphatic carboxylic acids is 1. The summed E-state index contributed by atoms with van der Waals surface area (Å²) < 4.78 is 16.4. The summed E-state index contributed by atoms with van der Waals surface area (Å²) in [4.78, 5) is 10.7. The molecule has 0 fully saturated rings. The number of benzene rings is 3. The summed E-state index contributed by atoms with van der Waals surface area (Å²) in [6.45, 7) is 7.84. The van der Waals surface area contributed by atoms with Crippen molar-refractivity contribution in [3.05, 3.63) is 118 Å². The number of carbonyl (C=O) groups is 1. The third kappa shape index (κ3) is 7.54. The Balaban J connectivity index is 1.39. The van der Waals surface area contributed by atoms with Gasteiger partial charge in [-0.3, -0.25) is 9.48 Å². The first-order chi connectivity index (χ1) is 18.2. The minimum Gasteiger partial charge on any atom is -0.481 e. The van der Waals surface area contributed by atoms with Crippen LogP contribution in [-0.4, -0.2) is 20.9 Å². The van der Waals surface area contributed by atoms with Crippen LogP contribution in [0.25, 0.3) is 0 Å². The Morgan fingerprint density at radius 3 is 2.26 bits per heavy atom. The van der Waals surface area contributed by atoms with Crippen LogP contribution in [0.15, 0.2) is 78.9 Å². The van der Waals surface area contributed by atoms with Crippen molar-refractivity contribution in [2.24, 2.45) is 0 Å². The second kappa shape index (κ2) is 12.1. The molecule has 0 saturated heterocycles. The lowest BCUT2D eigenvalue weighted by molar-refractivity contribution is -0.136. The van der Waals surface area contributed by atoms with E-state index in [0.29, 0.717) is 24.3 Å². The van der Waals surface area contributed by atoms with Crippen LogP contribution in [0.2, 0.25) is 0 Å². The lowest BCUT2D eigenvalue weighted by atomic mass is 9.92. The zero-order valence-corrected chi connectivity index (χ0v) is 22.4. The van der Waals surface area contributed by atoms with Crippen LogP contribution in [0, 0.1) is 5.82 Å². The Kier molecular flexibility index (Phi) is 8.62. The first-order valence-electron chi connectivity index (χ1n) is 13.1. The largest absolute Gasteiger partial charge is 0.481 e. The van der Waals surface area contributed by atoms with E-state index in [2.05, 4.69) is 85.4 Å². The van der Waals surface area contributed by atoms with Crippen molar-refractivity contribution in [2.45, 2.75) is 65.0 Å². The highest BCUT2D eigenvalue weighted by atomic mass is 19.1. The molecule has 5 nitrogen and oxygen atoms in total. The number of anilines is 1. The first kappa shape index (κ1) is 27.1. The molecule has 198 valence electrons. The summed E-state index contributed by atoms with van der Waals surface area (Å²) in [6.07, 6.45) is 2.01. The predicted molar refractivity (Wildman–Crippen MR) is 150 cm³/mol. The lowest BCUT2D eigenvalue weighted by Crippen LogP contribution is -2.13. The van der Waals surface area contributed by atoms with Gasteiger partial charge in [0.05, 0.1) is 12.2 Å². The highest BCUT2D eigenvalue weighted by molar-refractivity contribution is 5.67. The van der Waals surface area contributed by atoms with Crippen LogP contribution in [-0.2, 0) is 42.6 Å². The van der Waals surface area contributed by atoms with E-state index in [1.165, 1.54) is 22.9 Å². The zero-order valence-electron chi connectivity index (χ0n) is 22.4. The van der Waals surface area contributed by atoms with Crippen molar-refractivity contribution in [2.75, 3.05) is 5.32 Å². The van der Waals surface area contributed by atoms with Crippen LogP contribution in [0.1, 0.15) is 60.8 Å². The highest BCUT2D eigenvalue weighted by Gasteiger charge is 2.20. The molecule has 0 aliphatic heterocycles. The average Bonchev–Trinajstić information content (AvgIpc) is 3.30. The number of hydrogen-bond donors (Lipinski definition) is 2. The number of nitrogens with one attached hydrogen (secondary N) is 1. The maximum atomic E-state index is 14.3. The van der Waals surface area contributed by atoms with Crippen molar-refractivity contribution < 1.29 is 14.3 Å². The van der Waals surface area contributed by atoms with Gasteiger partial charge in [0.25, 0.3) is 0 Å². The van der Waals surface area contributed by atoms with Gasteiger partial charge in [0.1, 0.15) is 5.82 Å². The normalized spacial score (nSPS) is 11.5. The molecular weight excluding hydrogens is 477 g/mol. The number of rotatable bonds is 11. The predicted octanol–water partition coefficient (Wildman–Crippen LogP) is 6.78. The molecule has 1 aromatic heterocycles. The van der Waals surface area contributed by atoms with Gasteiger partial charge >= 0.3 is 5.97 Å². The van der Waals surface area contributed by atoms with Gasteiger partial charge in [-0.1, -0.05) is 81.4 Å². The molecule has 0 amide bonds. The Hall–Kier alpha value is -3.93. The standard InChI is InChI=1S/C32H36FN3O2/c1-32(2,3)30-20-28(17-13-23-7-5-4-6-8-23)36(35-30)22-25-11-9-24(10-12-25)21-34-27-16-14-26(29(33)19-27)15-18-31(37)38/h4-12,14,16,19-20,34H,13,15,17-18,21-22H2,1-3H3,(H,37,38). The Morgan fingerprint density at radius 1 is 0.895 bits per heavy atom. The van der Waals surface area contributed by atoms with Gasteiger partial charge in [-0.25, -0.2) is 4.39 Å². The molecule has 4 aromatic rings. The molecule has 4 rings (SSSR count). The number of aromatic nitrogens is 2. The molecule has 0 saturated carbocycles. The maximum absolute atomic E-state index is 14.3. The number of nitrogens with zero attached hydrogens (tertiary/aromatic N) is 2. The SMILES string of the molecule is CC(C)(C)c1cc(CCc2ccccc2)n(Cc2ccc(CNc3ccc(CCC(=O)O)c(F)c3)cc2)n1. The van der Waals surface area contributed by atoms with Crippen LogP contribution in [0.5, 0.6) is 0 Å². The molecule has 0 unspecified atom stereocenters. The summed E-state index contributed by atoms with van der Waals surface area (Å²) in [6, 6.07) is 26.0. The fourth-order valence-corrected chi connectivity index (χ4v) is 4.32. The van der Waals surface area contributed by atoms with Crippen LogP contribution < -0.4 is 5.32 Å². The van der Waals surface area contributed by atoms with Gasteiger partial charge in [-0.15, -0.1) is 0 Å². The van der Waals surface area contributed by atoms with E-state index in [1.807, 2.05) is 6.07 Å². The Bertz CT molecular complexity index is 1360. The van der Waals surface area contributed by atoms with E-state index in [-0.39, 0.29) is 24.1 Å². The van der Waals surface area contributed by atoms with E-state index < -0.39 is 5.97 Å². The smallest absolute Gasteiger partial charge is 0.303 e. The van der Waals surface area contributed by atoms with Crippen molar-refractivity contribution in [3.8, 4) is 0 Å². The molecule has 38 heavy (non-hydrogen) atoms. The third-order valence-corrected chi connectivity index (χ3v) is 6.66. The molecule has 0 spiro atoms. The first-order valence-corrected chi connectivity index (χ1v) is 13.1. The van der Waals surface area contributed by atoms with E-state index in [9.17, 15) is 9.18 Å². The number of aryl methyl sites for hydroxylation is 3. The molecule has 2 N–H and O–H groups in total. The minimum absolute atomic E-state index is 0.0177. The number of carboxylic acid groups (broad SMARTS) is 1. The van der Waals surface area contributed by atoms with Gasteiger partial charge in [-0.2, -0.15) is 5.10 Å².